The summed E-state index contributed by atoms with van der Waals surface area (Å²) in [6.45, 7) is 6.46. The Kier molecular flexibility index (Phi) is 8.18. The van der Waals surface area contributed by atoms with Crippen LogP contribution in [0.4, 0.5) is 0 Å². The molecule has 3 rings (SSSR count). The van der Waals surface area contributed by atoms with Gasteiger partial charge in [0.05, 0.1) is 11.0 Å². The second-order valence-electron chi connectivity index (χ2n) is 7.38. The fourth-order valence-corrected chi connectivity index (χ4v) is 3.33. The van der Waals surface area contributed by atoms with E-state index < -0.39 is 0 Å². The Labute approximate surface area is 182 Å². The number of imidazole rings is 1. The van der Waals surface area contributed by atoms with Gasteiger partial charge in [-0.05, 0) is 44.5 Å². The summed E-state index contributed by atoms with van der Waals surface area (Å²) in [5.74, 6) is 0.592. The highest BCUT2D eigenvalue weighted by atomic mass is 16.5. The van der Waals surface area contributed by atoms with Crippen molar-refractivity contribution in [3.05, 3.63) is 65.5 Å². The number of aromatic nitrogens is 2. The van der Waals surface area contributed by atoms with Crippen molar-refractivity contribution < 1.29 is 14.3 Å². The fourth-order valence-electron chi connectivity index (χ4n) is 3.33. The molecule has 31 heavy (non-hydrogen) atoms. The van der Waals surface area contributed by atoms with Crippen LogP contribution in [0, 0.1) is 6.92 Å². The van der Waals surface area contributed by atoms with Crippen LogP contribution < -0.4 is 10.6 Å². The average Bonchev–Trinajstić information content (AvgIpc) is 3.11. The first-order valence-electron chi connectivity index (χ1n) is 10.7. The molecule has 2 N–H and O–H groups in total. The molecule has 164 valence electrons. The molecule has 0 aliphatic carbocycles. The maximum Gasteiger partial charge on any atom is 0.251 e. The zero-order valence-corrected chi connectivity index (χ0v) is 18.2. The van der Waals surface area contributed by atoms with E-state index in [9.17, 15) is 9.59 Å². The van der Waals surface area contributed by atoms with Crippen molar-refractivity contribution in [2.75, 3.05) is 26.3 Å². The highest BCUT2D eigenvalue weighted by Crippen LogP contribution is 2.16. The van der Waals surface area contributed by atoms with Crippen molar-refractivity contribution in [3.63, 3.8) is 0 Å². The van der Waals surface area contributed by atoms with Crippen LogP contribution in [0.1, 0.15) is 35.1 Å². The first kappa shape index (κ1) is 22.5. The number of nitrogens with one attached hydrogen (secondary N) is 2. The summed E-state index contributed by atoms with van der Waals surface area (Å²) in [5, 5.41) is 5.87. The fraction of sp³-hybridized carbons (Fsp3) is 0.375. The number of amides is 2. The van der Waals surface area contributed by atoms with Crippen molar-refractivity contribution in [2.45, 2.75) is 33.2 Å². The molecule has 0 radical (unpaired) electrons. The molecule has 0 aliphatic rings. The second-order valence-corrected chi connectivity index (χ2v) is 7.38. The Morgan fingerprint density at radius 3 is 2.58 bits per heavy atom. The van der Waals surface area contributed by atoms with Crippen LogP contribution in [-0.4, -0.2) is 47.7 Å². The standard InChI is InChI=1S/C24H30N4O3/c1-3-31-16-6-14-25-23(29)17-28-21-8-5-4-7-20(21)27-22(28)13-15-26-24(30)19-11-9-18(2)10-12-19/h4-5,7-12H,3,6,13-17H2,1-2H3,(H,25,29)(H,26,30). The van der Waals surface area contributed by atoms with E-state index in [1.165, 1.54) is 0 Å². The lowest BCUT2D eigenvalue weighted by Crippen LogP contribution is -2.30. The molecule has 0 fully saturated rings. The summed E-state index contributed by atoms with van der Waals surface area (Å²) in [7, 11) is 0. The number of carbonyl (C=O) groups excluding carboxylic acids is 2. The molecule has 3 aromatic rings. The summed E-state index contributed by atoms with van der Waals surface area (Å²) in [5.41, 5.74) is 3.49. The van der Waals surface area contributed by atoms with E-state index in [1.807, 2.05) is 66.9 Å². The van der Waals surface area contributed by atoms with Gasteiger partial charge >= 0.3 is 0 Å². The van der Waals surface area contributed by atoms with Crippen molar-refractivity contribution in [1.29, 1.82) is 0 Å². The van der Waals surface area contributed by atoms with Gasteiger partial charge in [0.25, 0.3) is 5.91 Å². The van der Waals surface area contributed by atoms with Gasteiger partial charge in [-0.25, -0.2) is 4.98 Å². The lowest BCUT2D eigenvalue weighted by molar-refractivity contribution is -0.121. The van der Waals surface area contributed by atoms with E-state index in [4.69, 9.17) is 4.74 Å². The van der Waals surface area contributed by atoms with E-state index >= 15 is 0 Å². The molecule has 2 aromatic carbocycles. The van der Waals surface area contributed by atoms with Crippen molar-refractivity contribution in [2.24, 2.45) is 0 Å². The number of carbonyl (C=O) groups is 2. The van der Waals surface area contributed by atoms with E-state index in [2.05, 4.69) is 15.6 Å². The summed E-state index contributed by atoms with van der Waals surface area (Å²) in [6.07, 6.45) is 1.31. The minimum absolute atomic E-state index is 0.0652. The van der Waals surface area contributed by atoms with Gasteiger partial charge in [0.1, 0.15) is 12.4 Å². The Balaban J connectivity index is 1.61. The van der Waals surface area contributed by atoms with Crippen LogP contribution in [0.2, 0.25) is 0 Å². The number of hydrogen-bond acceptors (Lipinski definition) is 4. The minimum atomic E-state index is -0.116. The molecule has 1 aromatic heterocycles. The Morgan fingerprint density at radius 1 is 1.03 bits per heavy atom. The molecule has 0 saturated carbocycles. The molecule has 0 unspecified atom stereocenters. The predicted octanol–water partition coefficient (Wildman–Crippen LogP) is 2.86. The molecule has 7 nitrogen and oxygen atoms in total. The third-order valence-electron chi connectivity index (χ3n) is 4.97. The molecule has 0 aliphatic heterocycles. The number of aryl methyl sites for hydroxylation is 1. The largest absolute Gasteiger partial charge is 0.382 e. The number of ether oxygens (including phenoxy) is 1. The van der Waals surface area contributed by atoms with Crippen molar-refractivity contribution in [1.82, 2.24) is 20.2 Å². The third-order valence-corrected chi connectivity index (χ3v) is 4.97. The summed E-state index contributed by atoms with van der Waals surface area (Å²) >= 11 is 0. The van der Waals surface area contributed by atoms with Crippen molar-refractivity contribution in [3.8, 4) is 0 Å². The molecule has 1 heterocycles. The normalized spacial score (nSPS) is 10.9. The number of rotatable bonds is 11. The van der Waals surface area contributed by atoms with Gasteiger partial charge in [-0.15, -0.1) is 0 Å². The van der Waals surface area contributed by atoms with E-state index in [-0.39, 0.29) is 18.4 Å². The molecule has 0 spiro atoms. The summed E-state index contributed by atoms with van der Waals surface area (Å²) in [6, 6.07) is 15.2. The molecule has 2 amide bonds. The first-order chi connectivity index (χ1) is 15.1. The van der Waals surface area contributed by atoms with Gasteiger partial charge in [0, 0.05) is 38.3 Å². The van der Waals surface area contributed by atoms with Gasteiger partial charge in [-0.2, -0.15) is 0 Å². The minimum Gasteiger partial charge on any atom is -0.382 e. The van der Waals surface area contributed by atoms with Gasteiger partial charge in [0.15, 0.2) is 0 Å². The summed E-state index contributed by atoms with van der Waals surface area (Å²) in [4.78, 5) is 29.5. The monoisotopic (exact) mass is 422 g/mol. The Morgan fingerprint density at radius 2 is 1.81 bits per heavy atom. The zero-order valence-electron chi connectivity index (χ0n) is 18.2. The van der Waals surface area contributed by atoms with Gasteiger partial charge in [0.2, 0.25) is 5.91 Å². The van der Waals surface area contributed by atoms with Crippen LogP contribution in [0.25, 0.3) is 11.0 Å². The number of hydrogen-bond donors (Lipinski definition) is 2. The molecule has 0 bridgehead atoms. The van der Waals surface area contributed by atoms with Crippen LogP contribution in [0.3, 0.4) is 0 Å². The summed E-state index contributed by atoms with van der Waals surface area (Å²) < 4.78 is 7.22. The highest BCUT2D eigenvalue weighted by molar-refractivity contribution is 5.94. The zero-order chi connectivity index (χ0) is 22.1. The average molecular weight is 423 g/mol. The molecule has 7 heteroatoms. The van der Waals surface area contributed by atoms with E-state index in [1.54, 1.807) is 0 Å². The molecular weight excluding hydrogens is 392 g/mol. The topological polar surface area (TPSA) is 85.2 Å². The Bertz CT molecular complexity index is 1010. The molecule has 0 atom stereocenters. The number of nitrogens with zero attached hydrogens (tertiary/aromatic N) is 2. The molecule has 0 saturated heterocycles. The van der Waals surface area contributed by atoms with E-state index in [0.717, 1.165) is 28.8 Å². The SMILES string of the molecule is CCOCCCNC(=O)Cn1c(CCNC(=O)c2ccc(C)cc2)nc2ccccc21. The lowest BCUT2D eigenvalue weighted by atomic mass is 10.1. The van der Waals surface area contributed by atoms with Crippen LogP contribution in [0.5, 0.6) is 0 Å². The van der Waals surface area contributed by atoms with Gasteiger partial charge in [-0.3, -0.25) is 9.59 Å². The number of para-hydroxylation sites is 2. The quantitative estimate of drug-likeness (QED) is 0.466. The number of fused-ring (bicyclic) bond motifs is 1. The van der Waals surface area contributed by atoms with Crippen LogP contribution >= 0.6 is 0 Å². The smallest absolute Gasteiger partial charge is 0.251 e. The highest BCUT2D eigenvalue weighted by Gasteiger charge is 2.14. The van der Waals surface area contributed by atoms with Crippen molar-refractivity contribution >= 4 is 22.8 Å². The third kappa shape index (κ3) is 6.39. The van der Waals surface area contributed by atoms with Crippen LogP contribution in [0.15, 0.2) is 48.5 Å². The predicted molar refractivity (Wildman–Crippen MR) is 121 cm³/mol. The second kappa shape index (κ2) is 11.3. The molecular formula is C24H30N4O3. The maximum atomic E-state index is 12.5. The maximum absolute atomic E-state index is 12.5. The Hall–Kier alpha value is -3.19. The first-order valence-corrected chi connectivity index (χ1v) is 10.7. The van der Waals surface area contributed by atoms with Gasteiger partial charge < -0.3 is 19.9 Å². The van der Waals surface area contributed by atoms with E-state index in [0.29, 0.717) is 38.3 Å². The lowest BCUT2D eigenvalue weighted by Gasteiger charge is -2.11. The van der Waals surface area contributed by atoms with Gasteiger partial charge in [-0.1, -0.05) is 29.8 Å². The van der Waals surface area contributed by atoms with Crippen LogP contribution in [-0.2, 0) is 22.5 Å². The number of benzene rings is 2.